The van der Waals surface area contributed by atoms with Gasteiger partial charge >= 0.3 is 0 Å². The summed E-state index contributed by atoms with van der Waals surface area (Å²) < 4.78 is 10.9. The van der Waals surface area contributed by atoms with Gasteiger partial charge in [-0.2, -0.15) is 5.26 Å². The Morgan fingerprint density at radius 2 is 2.21 bits per heavy atom. The quantitative estimate of drug-likeness (QED) is 0.642. The van der Waals surface area contributed by atoms with Gasteiger partial charge in [-0.05, 0) is 6.07 Å². The highest BCUT2D eigenvalue weighted by Gasteiger charge is 2.15. The molecule has 0 atom stereocenters. The van der Waals surface area contributed by atoms with Crippen LogP contribution in [0.25, 0.3) is 6.08 Å². The van der Waals surface area contributed by atoms with E-state index in [0.717, 1.165) is 19.0 Å². The van der Waals surface area contributed by atoms with Crippen molar-refractivity contribution in [3.05, 3.63) is 23.5 Å². The number of carbonyl (C=O) groups is 1. The molecule has 2 rings (SSSR count). The molecule has 1 saturated heterocycles. The van der Waals surface area contributed by atoms with Crippen molar-refractivity contribution in [1.82, 2.24) is 5.32 Å². The first kappa shape index (κ1) is 13.2. The maximum atomic E-state index is 11.4. The van der Waals surface area contributed by atoms with Crippen LogP contribution in [0.1, 0.15) is 5.76 Å². The lowest BCUT2D eigenvalue weighted by Crippen LogP contribution is -2.35. The average Bonchev–Trinajstić information content (AvgIpc) is 2.93. The summed E-state index contributed by atoms with van der Waals surface area (Å²) in [5.41, 5.74) is 0.0189. The van der Waals surface area contributed by atoms with Crippen LogP contribution in [0.4, 0.5) is 5.88 Å². The van der Waals surface area contributed by atoms with Gasteiger partial charge in [0.2, 0.25) is 0 Å². The normalized spacial score (nSPS) is 16.0. The lowest BCUT2D eigenvalue weighted by molar-refractivity contribution is -0.116. The number of likely N-dealkylation sites (N-methyl/N-ethyl adjacent to an activating group) is 1. The number of hydrogen-bond acceptors (Lipinski definition) is 5. The van der Waals surface area contributed by atoms with Crippen molar-refractivity contribution in [3.63, 3.8) is 0 Å². The summed E-state index contributed by atoms with van der Waals surface area (Å²) in [7, 11) is 1.48. The first-order chi connectivity index (χ1) is 9.24. The van der Waals surface area contributed by atoms with E-state index in [9.17, 15) is 4.79 Å². The lowest BCUT2D eigenvalue weighted by atomic mass is 10.2. The van der Waals surface area contributed by atoms with E-state index < -0.39 is 5.91 Å². The van der Waals surface area contributed by atoms with Crippen LogP contribution in [0.15, 0.2) is 22.1 Å². The van der Waals surface area contributed by atoms with E-state index >= 15 is 0 Å². The molecule has 1 N–H and O–H groups in total. The molecule has 2 heterocycles. The van der Waals surface area contributed by atoms with Crippen molar-refractivity contribution in [1.29, 1.82) is 5.26 Å². The Morgan fingerprint density at radius 3 is 2.84 bits per heavy atom. The van der Waals surface area contributed by atoms with Crippen molar-refractivity contribution in [2.45, 2.75) is 0 Å². The van der Waals surface area contributed by atoms with E-state index in [1.165, 1.54) is 13.1 Å². The number of hydrogen-bond donors (Lipinski definition) is 1. The van der Waals surface area contributed by atoms with Gasteiger partial charge in [0.05, 0.1) is 13.2 Å². The molecular weight excluding hydrogens is 246 g/mol. The number of nitrogens with one attached hydrogen (secondary N) is 1. The predicted octanol–water partition coefficient (Wildman–Crippen LogP) is 0.769. The molecule has 19 heavy (non-hydrogen) atoms. The Morgan fingerprint density at radius 1 is 1.47 bits per heavy atom. The Labute approximate surface area is 111 Å². The standard InChI is InChI=1S/C13H15N3O3/c1-15-13(17)10(9-14)8-11-2-3-12(19-11)16-4-6-18-7-5-16/h2-3,8H,4-7H2,1H3,(H,15,17)/b10-8-. The topological polar surface area (TPSA) is 78.5 Å². The molecule has 0 unspecified atom stereocenters. The van der Waals surface area contributed by atoms with Crippen LogP contribution >= 0.6 is 0 Å². The van der Waals surface area contributed by atoms with Gasteiger partial charge in [0.15, 0.2) is 5.88 Å². The molecule has 1 aromatic rings. The van der Waals surface area contributed by atoms with Crippen molar-refractivity contribution in [2.24, 2.45) is 0 Å². The Bertz CT molecular complexity index is 521. The zero-order chi connectivity index (χ0) is 13.7. The van der Waals surface area contributed by atoms with Crippen LogP contribution in [0.2, 0.25) is 0 Å². The van der Waals surface area contributed by atoms with Gasteiger partial charge < -0.3 is 19.4 Å². The average molecular weight is 261 g/mol. The highest BCUT2D eigenvalue weighted by Crippen LogP contribution is 2.21. The molecule has 0 radical (unpaired) electrons. The number of nitrogens with zero attached hydrogens (tertiary/aromatic N) is 2. The van der Waals surface area contributed by atoms with E-state index in [2.05, 4.69) is 10.2 Å². The summed E-state index contributed by atoms with van der Waals surface area (Å²) in [5.74, 6) is 0.789. The molecule has 0 aliphatic carbocycles. The number of anilines is 1. The Kier molecular flexibility index (Phi) is 4.21. The summed E-state index contributed by atoms with van der Waals surface area (Å²) in [4.78, 5) is 13.4. The zero-order valence-corrected chi connectivity index (χ0v) is 10.7. The number of rotatable bonds is 3. The molecule has 100 valence electrons. The van der Waals surface area contributed by atoms with Gasteiger partial charge in [0, 0.05) is 32.3 Å². The van der Waals surface area contributed by atoms with Crippen molar-refractivity contribution >= 4 is 17.9 Å². The molecule has 0 bridgehead atoms. The number of morpholine rings is 1. The Balaban J connectivity index is 2.14. The van der Waals surface area contributed by atoms with Gasteiger partial charge in [0.1, 0.15) is 17.4 Å². The first-order valence-corrected chi connectivity index (χ1v) is 6.01. The fourth-order valence-corrected chi connectivity index (χ4v) is 1.80. The second-order valence-electron chi connectivity index (χ2n) is 4.02. The number of amides is 1. The summed E-state index contributed by atoms with van der Waals surface area (Å²) >= 11 is 0. The van der Waals surface area contributed by atoms with E-state index in [1.807, 2.05) is 12.1 Å². The smallest absolute Gasteiger partial charge is 0.261 e. The maximum absolute atomic E-state index is 11.4. The van der Waals surface area contributed by atoms with E-state index in [4.69, 9.17) is 14.4 Å². The van der Waals surface area contributed by atoms with E-state index in [0.29, 0.717) is 19.0 Å². The largest absolute Gasteiger partial charge is 0.441 e. The molecule has 1 aliphatic rings. The second-order valence-corrected chi connectivity index (χ2v) is 4.02. The van der Waals surface area contributed by atoms with Crippen LogP contribution in [0.5, 0.6) is 0 Å². The van der Waals surface area contributed by atoms with Crippen LogP contribution < -0.4 is 10.2 Å². The highest BCUT2D eigenvalue weighted by molar-refractivity contribution is 6.01. The summed E-state index contributed by atoms with van der Waals surface area (Å²) in [5, 5.41) is 11.3. The predicted molar refractivity (Wildman–Crippen MR) is 69.4 cm³/mol. The summed E-state index contributed by atoms with van der Waals surface area (Å²) in [6.45, 7) is 2.90. The molecule has 0 saturated carbocycles. The van der Waals surface area contributed by atoms with Crippen molar-refractivity contribution in [3.8, 4) is 6.07 Å². The van der Waals surface area contributed by atoms with Gasteiger partial charge in [-0.1, -0.05) is 0 Å². The van der Waals surface area contributed by atoms with Crippen molar-refractivity contribution < 1.29 is 13.9 Å². The lowest BCUT2D eigenvalue weighted by Gasteiger charge is -2.26. The third kappa shape index (κ3) is 3.14. The molecule has 6 nitrogen and oxygen atoms in total. The molecule has 1 aromatic heterocycles. The molecule has 1 amide bonds. The third-order valence-electron chi connectivity index (χ3n) is 2.81. The minimum absolute atomic E-state index is 0.0189. The van der Waals surface area contributed by atoms with Crippen molar-refractivity contribution in [2.75, 3.05) is 38.3 Å². The van der Waals surface area contributed by atoms with Crippen LogP contribution in [0.3, 0.4) is 0 Å². The van der Waals surface area contributed by atoms with E-state index in [-0.39, 0.29) is 5.57 Å². The van der Waals surface area contributed by atoms with Gasteiger partial charge in [-0.3, -0.25) is 4.79 Å². The number of carbonyl (C=O) groups excluding carboxylic acids is 1. The zero-order valence-electron chi connectivity index (χ0n) is 10.7. The van der Waals surface area contributed by atoms with E-state index in [1.54, 1.807) is 6.07 Å². The molecule has 1 fully saturated rings. The minimum atomic E-state index is -0.424. The third-order valence-corrected chi connectivity index (χ3v) is 2.81. The molecule has 6 heteroatoms. The van der Waals surface area contributed by atoms with Crippen LogP contribution in [0, 0.1) is 11.3 Å². The Hall–Kier alpha value is -2.26. The molecule has 0 spiro atoms. The fraction of sp³-hybridized carbons (Fsp3) is 0.385. The monoisotopic (exact) mass is 261 g/mol. The maximum Gasteiger partial charge on any atom is 0.261 e. The fourth-order valence-electron chi connectivity index (χ4n) is 1.80. The van der Waals surface area contributed by atoms with Gasteiger partial charge in [0.25, 0.3) is 5.91 Å². The highest BCUT2D eigenvalue weighted by atomic mass is 16.5. The van der Waals surface area contributed by atoms with Gasteiger partial charge in [-0.15, -0.1) is 0 Å². The van der Waals surface area contributed by atoms with Gasteiger partial charge in [-0.25, -0.2) is 0 Å². The number of nitriles is 1. The molecule has 0 aromatic carbocycles. The minimum Gasteiger partial charge on any atom is -0.441 e. The van der Waals surface area contributed by atoms with Crippen LogP contribution in [-0.2, 0) is 9.53 Å². The first-order valence-electron chi connectivity index (χ1n) is 6.01. The number of ether oxygens (including phenoxy) is 1. The molecule has 1 aliphatic heterocycles. The SMILES string of the molecule is CNC(=O)/C(C#N)=C\c1ccc(N2CCOCC2)o1. The second kappa shape index (κ2) is 6.07. The molecular formula is C13H15N3O3. The summed E-state index contributed by atoms with van der Waals surface area (Å²) in [6, 6.07) is 5.42. The number of furan rings is 1. The van der Waals surface area contributed by atoms with Crippen LogP contribution in [-0.4, -0.2) is 39.3 Å². The summed E-state index contributed by atoms with van der Waals surface area (Å²) in [6.07, 6.45) is 1.43.